The first-order valence-electron chi connectivity index (χ1n) is 14.8. The van der Waals surface area contributed by atoms with Gasteiger partial charge in [0.2, 0.25) is 11.8 Å². The normalized spacial score (nSPS) is 15.2. The van der Waals surface area contributed by atoms with Gasteiger partial charge in [-0.15, -0.1) is 0 Å². The van der Waals surface area contributed by atoms with Crippen molar-refractivity contribution < 1.29 is 19.0 Å². The van der Waals surface area contributed by atoms with E-state index in [0.717, 1.165) is 28.8 Å². The number of benzene rings is 1. The number of nitrogens with one attached hydrogen (secondary N) is 4. The van der Waals surface area contributed by atoms with Gasteiger partial charge < -0.3 is 31.1 Å². The van der Waals surface area contributed by atoms with Crippen LogP contribution in [-0.4, -0.2) is 58.3 Å². The molecule has 12 heteroatoms. The number of aliphatic hydroxyl groups excluding tert-OH is 1. The van der Waals surface area contributed by atoms with Gasteiger partial charge >= 0.3 is 0 Å². The highest BCUT2D eigenvalue weighted by atomic mass is 35.5. The lowest BCUT2D eigenvalue weighted by Crippen LogP contribution is -2.35. The van der Waals surface area contributed by atoms with Crippen molar-refractivity contribution in [3.63, 3.8) is 0 Å². The Bertz CT molecular complexity index is 1670. The Balaban J connectivity index is 1.36. The highest BCUT2D eigenvalue weighted by Crippen LogP contribution is 2.38. The zero-order chi connectivity index (χ0) is 31.9. The van der Waals surface area contributed by atoms with Gasteiger partial charge in [0.25, 0.3) is 0 Å². The first kappa shape index (κ1) is 32.2. The number of pyridine rings is 3. The Hall–Kier alpha value is -4.16. The molecule has 0 unspecified atom stereocenters. The van der Waals surface area contributed by atoms with Crippen LogP contribution in [0.5, 0.6) is 5.88 Å². The quantitative estimate of drug-likeness (QED) is 0.139. The van der Waals surface area contributed by atoms with Gasteiger partial charge in [-0.1, -0.05) is 29.8 Å². The van der Waals surface area contributed by atoms with Crippen LogP contribution in [0.25, 0.3) is 22.5 Å². The number of rotatable bonds is 13. The molecule has 1 aromatic carbocycles. The third kappa shape index (κ3) is 7.74. The largest absolute Gasteiger partial charge is 0.481 e. The van der Waals surface area contributed by atoms with Gasteiger partial charge in [0.1, 0.15) is 0 Å². The highest BCUT2D eigenvalue weighted by molar-refractivity contribution is 6.36. The number of anilines is 2. The standard InChI is InChI=1S/C33H37ClFN7O3/c1-19(43)15-36-16-21-11-13-39-32(30(21)35)41-27-6-4-5-25(29(27)34)31-20(2)24(12-14-38-31)26-9-7-22(33(42-26)45-3)17-37-18-23-8-10-28(44)40-23/h4-7,9,11-14,19,23,36-37,43H,8,10,15-18H2,1-3H3,(H,39,41)(H,40,44)/t19-,23+/m0/s1. The molecular formula is C33H37ClFN7O3. The van der Waals surface area contributed by atoms with Crippen molar-refractivity contribution in [1.29, 1.82) is 0 Å². The molecule has 0 saturated carbocycles. The van der Waals surface area contributed by atoms with Crippen molar-refractivity contribution in [1.82, 2.24) is 30.9 Å². The Morgan fingerprint density at radius 2 is 1.89 bits per heavy atom. The fraction of sp³-hybridized carbons (Fsp3) is 0.333. The lowest BCUT2D eigenvalue weighted by molar-refractivity contribution is -0.119. The van der Waals surface area contributed by atoms with Crippen LogP contribution in [0, 0.1) is 12.7 Å². The van der Waals surface area contributed by atoms with E-state index in [0.29, 0.717) is 59.5 Å². The van der Waals surface area contributed by atoms with Crippen LogP contribution in [0.1, 0.15) is 36.5 Å². The van der Waals surface area contributed by atoms with Crippen LogP contribution >= 0.6 is 11.6 Å². The Kier molecular flexibility index (Phi) is 10.6. The van der Waals surface area contributed by atoms with Gasteiger partial charge in [-0.3, -0.25) is 9.78 Å². The van der Waals surface area contributed by atoms with Crippen LogP contribution in [0.2, 0.25) is 5.02 Å². The smallest absolute Gasteiger partial charge is 0.220 e. The number of carbonyl (C=O) groups is 1. The van der Waals surface area contributed by atoms with E-state index in [1.54, 1.807) is 32.4 Å². The predicted octanol–water partition coefficient (Wildman–Crippen LogP) is 4.90. The Labute approximate surface area is 266 Å². The third-order valence-electron chi connectivity index (χ3n) is 7.63. The number of carbonyl (C=O) groups excluding carboxylic acids is 1. The van der Waals surface area contributed by atoms with Gasteiger partial charge in [0, 0.05) is 73.3 Å². The molecule has 0 bridgehead atoms. The van der Waals surface area contributed by atoms with E-state index in [1.807, 2.05) is 37.3 Å². The molecule has 4 heterocycles. The third-order valence-corrected chi connectivity index (χ3v) is 8.04. The van der Waals surface area contributed by atoms with Crippen LogP contribution in [0.3, 0.4) is 0 Å². The molecule has 3 aromatic heterocycles. The number of aliphatic hydroxyl groups is 1. The van der Waals surface area contributed by atoms with E-state index < -0.39 is 11.9 Å². The van der Waals surface area contributed by atoms with Crippen molar-refractivity contribution in [3.05, 3.63) is 82.4 Å². The fourth-order valence-corrected chi connectivity index (χ4v) is 5.55. The summed E-state index contributed by atoms with van der Waals surface area (Å²) in [7, 11) is 1.59. The Morgan fingerprint density at radius 1 is 1.09 bits per heavy atom. The summed E-state index contributed by atoms with van der Waals surface area (Å²) in [6.07, 6.45) is 4.09. The molecule has 1 aliphatic heterocycles. The maximum Gasteiger partial charge on any atom is 0.220 e. The molecular weight excluding hydrogens is 597 g/mol. The minimum atomic E-state index is -0.539. The molecule has 5 rings (SSSR count). The molecule has 1 fully saturated rings. The van der Waals surface area contributed by atoms with Gasteiger partial charge in [0.15, 0.2) is 11.6 Å². The Morgan fingerprint density at radius 3 is 2.64 bits per heavy atom. The molecule has 5 N–H and O–H groups in total. The minimum absolute atomic E-state index is 0.0442. The van der Waals surface area contributed by atoms with Crippen LogP contribution in [0.15, 0.2) is 54.9 Å². The number of aromatic nitrogens is 3. The summed E-state index contributed by atoms with van der Waals surface area (Å²) >= 11 is 6.89. The molecule has 0 spiro atoms. The van der Waals surface area contributed by atoms with Crippen molar-refractivity contribution in [3.8, 4) is 28.4 Å². The van der Waals surface area contributed by atoms with E-state index in [9.17, 15) is 9.90 Å². The van der Waals surface area contributed by atoms with Crippen molar-refractivity contribution in [2.45, 2.75) is 51.9 Å². The lowest BCUT2D eigenvalue weighted by Gasteiger charge is -2.16. The number of nitrogens with zero attached hydrogens (tertiary/aromatic N) is 3. The number of halogens is 2. The summed E-state index contributed by atoms with van der Waals surface area (Å²) < 4.78 is 20.9. The number of ether oxygens (including phenoxy) is 1. The molecule has 2 atom stereocenters. The fourth-order valence-electron chi connectivity index (χ4n) is 5.29. The summed E-state index contributed by atoms with van der Waals surface area (Å²) in [6, 6.07) is 13.0. The highest BCUT2D eigenvalue weighted by Gasteiger charge is 2.21. The average Bonchev–Trinajstić information content (AvgIpc) is 3.45. The molecule has 10 nitrogen and oxygen atoms in total. The molecule has 236 valence electrons. The van der Waals surface area contributed by atoms with E-state index in [-0.39, 0.29) is 24.3 Å². The molecule has 1 saturated heterocycles. The van der Waals surface area contributed by atoms with E-state index in [1.165, 1.54) is 6.20 Å². The SMILES string of the molecule is COc1nc(-c2ccnc(-c3cccc(Nc4nccc(CNC[C@H](C)O)c4F)c3Cl)c2C)ccc1CNC[C@H]1CCC(=O)N1. The van der Waals surface area contributed by atoms with Gasteiger partial charge in [-0.2, -0.15) is 0 Å². The second-order valence-electron chi connectivity index (χ2n) is 11.0. The first-order valence-corrected chi connectivity index (χ1v) is 15.2. The average molecular weight is 634 g/mol. The summed E-state index contributed by atoms with van der Waals surface area (Å²) in [4.78, 5) is 25.1. The summed E-state index contributed by atoms with van der Waals surface area (Å²) in [5.74, 6) is 0.145. The summed E-state index contributed by atoms with van der Waals surface area (Å²) in [6.45, 7) is 5.43. The molecule has 0 aliphatic carbocycles. The predicted molar refractivity (Wildman–Crippen MR) is 173 cm³/mol. The maximum absolute atomic E-state index is 15.3. The summed E-state index contributed by atoms with van der Waals surface area (Å²) in [5.41, 5.74) is 5.59. The van der Waals surface area contributed by atoms with Gasteiger partial charge in [-0.25, -0.2) is 14.4 Å². The lowest BCUT2D eigenvalue weighted by atomic mass is 9.99. The molecule has 1 aliphatic rings. The second kappa shape index (κ2) is 14.7. The minimum Gasteiger partial charge on any atom is -0.481 e. The van der Waals surface area contributed by atoms with Crippen molar-refractivity contribution >= 4 is 29.0 Å². The molecule has 0 radical (unpaired) electrons. The van der Waals surface area contributed by atoms with Gasteiger partial charge in [0.05, 0.1) is 35.3 Å². The number of hydrogen-bond donors (Lipinski definition) is 5. The van der Waals surface area contributed by atoms with Crippen LogP contribution in [0.4, 0.5) is 15.9 Å². The monoisotopic (exact) mass is 633 g/mol. The van der Waals surface area contributed by atoms with Crippen LogP contribution in [-0.2, 0) is 17.9 Å². The summed E-state index contributed by atoms with van der Waals surface area (Å²) in [5, 5.41) is 22.3. The second-order valence-corrected chi connectivity index (χ2v) is 11.4. The molecule has 1 amide bonds. The zero-order valence-electron chi connectivity index (χ0n) is 25.5. The van der Waals surface area contributed by atoms with Crippen LogP contribution < -0.4 is 26.0 Å². The van der Waals surface area contributed by atoms with E-state index in [2.05, 4.69) is 31.2 Å². The number of methoxy groups -OCH3 is 1. The number of hydrogen-bond acceptors (Lipinski definition) is 9. The van der Waals surface area contributed by atoms with E-state index in [4.69, 9.17) is 21.3 Å². The topological polar surface area (TPSA) is 133 Å². The molecule has 4 aromatic rings. The zero-order valence-corrected chi connectivity index (χ0v) is 26.2. The molecule has 45 heavy (non-hydrogen) atoms. The van der Waals surface area contributed by atoms with Gasteiger partial charge in [-0.05, 0) is 50.1 Å². The van der Waals surface area contributed by atoms with E-state index >= 15 is 4.39 Å². The van der Waals surface area contributed by atoms with Crippen molar-refractivity contribution in [2.24, 2.45) is 0 Å². The maximum atomic E-state index is 15.3. The first-order chi connectivity index (χ1) is 21.7. The van der Waals surface area contributed by atoms with Crippen molar-refractivity contribution in [2.75, 3.05) is 25.5 Å². The number of amides is 1.